The average Bonchev–Trinajstić information content (AvgIpc) is 2.72. The van der Waals surface area contributed by atoms with Gasteiger partial charge in [0.25, 0.3) is 0 Å². The number of hydrogen-bond acceptors (Lipinski definition) is 2. The molecular weight excluding hydrogens is 222 g/mol. The molecule has 2 heteroatoms. The smallest absolute Gasteiger partial charge is 0.119 e. The number of rotatable bonds is 4. The number of hydrogen-bond donors (Lipinski definition) is 1. The zero-order valence-corrected chi connectivity index (χ0v) is 12.0. The van der Waals surface area contributed by atoms with E-state index in [-0.39, 0.29) is 6.10 Å². The van der Waals surface area contributed by atoms with E-state index in [0.29, 0.717) is 11.5 Å². The third-order valence-corrected chi connectivity index (χ3v) is 4.05. The third-order valence-electron chi connectivity index (χ3n) is 4.05. The maximum absolute atomic E-state index is 5.80. The third kappa shape index (κ3) is 2.86. The Morgan fingerprint density at radius 3 is 2.78 bits per heavy atom. The molecule has 100 valence electrons. The fraction of sp³-hybridized carbons (Fsp3) is 0.625. The van der Waals surface area contributed by atoms with Crippen molar-refractivity contribution in [2.45, 2.75) is 57.6 Å². The highest BCUT2D eigenvalue weighted by Crippen LogP contribution is 2.41. The molecule has 0 heterocycles. The maximum atomic E-state index is 5.80. The van der Waals surface area contributed by atoms with Gasteiger partial charge in [0.15, 0.2) is 0 Å². The number of benzene rings is 1. The molecule has 1 aliphatic carbocycles. The van der Waals surface area contributed by atoms with Crippen LogP contribution in [0, 0.1) is 0 Å². The Kier molecular flexibility index (Phi) is 3.96. The summed E-state index contributed by atoms with van der Waals surface area (Å²) in [5.74, 6) is 0.997. The highest BCUT2D eigenvalue weighted by Gasteiger charge is 2.35. The predicted octanol–water partition coefficient (Wildman–Crippen LogP) is 3.50. The minimum Gasteiger partial charge on any atom is -0.491 e. The van der Waals surface area contributed by atoms with Gasteiger partial charge in [-0.3, -0.25) is 0 Å². The highest BCUT2D eigenvalue weighted by molar-refractivity contribution is 5.34. The highest BCUT2D eigenvalue weighted by atomic mass is 16.5. The standard InChI is InChI=1S/C16H25NO/c1-12(2)18-15-7-5-6-13(10-15)16(3)9-8-14(11-16)17-4/h5-7,10,12,14,17H,8-9,11H2,1-4H3. The van der Waals surface area contributed by atoms with E-state index < -0.39 is 0 Å². The lowest BCUT2D eigenvalue weighted by atomic mass is 9.81. The summed E-state index contributed by atoms with van der Waals surface area (Å²) in [6.07, 6.45) is 3.97. The van der Waals surface area contributed by atoms with Crippen LogP contribution in [0.2, 0.25) is 0 Å². The molecule has 1 N–H and O–H groups in total. The Labute approximate surface area is 111 Å². The van der Waals surface area contributed by atoms with Crippen LogP contribution in [0.5, 0.6) is 5.75 Å². The second kappa shape index (κ2) is 5.31. The second-order valence-electron chi connectivity index (χ2n) is 5.98. The molecule has 1 aromatic carbocycles. The summed E-state index contributed by atoms with van der Waals surface area (Å²) in [7, 11) is 2.06. The summed E-state index contributed by atoms with van der Waals surface area (Å²) in [4.78, 5) is 0. The van der Waals surface area contributed by atoms with Crippen molar-refractivity contribution in [3.8, 4) is 5.75 Å². The van der Waals surface area contributed by atoms with Crippen LogP contribution in [0.4, 0.5) is 0 Å². The van der Waals surface area contributed by atoms with Gasteiger partial charge in [-0.25, -0.2) is 0 Å². The molecule has 0 radical (unpaired) electrons. The molecule has 2 rings (SSSR count). The Morgan fingerprint density at radius 2 is 2.17 bits per heavy atom. The van der Waals surface area contributed by atoms with E-state index in [1.165, 1.54) is 24.8 Å². The summed E-state index contributed by atoms with van der Waals surface area (Å²) < 4.78 is 5.80. The van der Waals surface area contributed by atoms with E-state index in [1.54, 1.807) is 0 Å². The van der Waals surface area contributed by atoms with Crippen molar-refractivity contribution in [2.75, 3.05) is 7.05 Å². The first-order valence-corrected chi connectivity index (χ1v) is 6.98. The molecule has 2 nitrogen and oxygen atoms in total. The largest absolute Gasteiger partial charge is 0.491 e. The zero-order chi connectivity index (χ0) is 13.2. The molecule has 0 aliphatic heterocycles. The van der Waals surface area contributed by atoms with Crippen LogP contribution in [-0.4, -0.2) is 19.2 Å². The van der Waals surface area contributed by atoms with E-state index in [9.17, 15) is 0 Å². The van der Waals surface area contributed by atoms with E-state index >= 15 is 0 Å². The van der Waals surface area contributed by atoms with Crippen molar-refractivity contribution >= 4 is 0 Å². The van der Waals surface area contributed by atoms with Gasteiger partial charge >= 0.3 is 0 Å². The summed E-state index contributed by atoms with van der Waals surface area (Å²) in [5.41, 5.74) is 1.71. The van der Waals surface area contributed by atoms with Crippen molar-refractivity contribution in [3.63, 3.8) is 0 Å². The number of ether oxygens (including phenoxy) is 1. The molecule has 2 unspecified atom stereocenters. The summed E-state index contributed by atoms with van der Waals surface area (Å²) in [6.45, 7) is 6.51. The van der Waals surface area contributed by atoms with Gasteiger partial charge in [-0.05, 0) is 63.3 Å². The summed E-state index contributed by atoms with van der Waals surface area (Å²) in [5, 5.41) is 3.40. The van der Waals surface area contributed by atoms with Gasteiger partial charge in [0, 0.05) is 6.04 Å². The molecule has 0 amide bonds. The van der Waals surface area contributed by atoms with Gasteiger partial charge in [0.1, 0.15) is 5.75 Å². The Morgan fingerprint density at radius 1 is 1.39 bits per heavy atom. The minimum atomic E-state index is 0.238. The van der Waals surface area contributed by atoms with Gasteiger partial charge in [-0.15, -0.1) is 0 Å². The quantitative estimate of drug-likeness (QED) is 0.879. The molecule has 1 aromatic rings. The fourth-order valence-electron chi connectivity index (χ4n) is 2.97. The average molecular weight is 247 g/mol. The van der Waals surface area contributed by atoms with Crippen molar-refractivity contribution in [1.82, 2.24) is 5.32 Å². The molecule has 2 atom stereocenters. The molecular formula is C16H25NO. The maximum Gasteiger partial charge on any atom is 0.119 e. The minimum absolute atomic E-state index is 0.238. The van der Waals surface area contributed by atoms with E-state index in [1.807, 2.05) is 0 Å². The van der Waals surface area contributed by atoms with Crippen molar-refractivity contribution in [2.24, 2.45) is 0 Å². The Hall–Kier alpha value is -1.02. The van der Waals surface area contributed by atoms with Crippen LogP contribution in [0.15, 0.2) is 24.3 Å². The number of nitrogens with one attached hydrogen (secondary N) is 1. The molecule has 1 fully saturated rings. The topological polar surface area (TPSA) is 21.3 Å². The Balaban J connectivity index is 2.18. The van der Waals surface area contributed by atoms with Crippen molar-refractivity contribution in [1.29, 1.82) is 0 Å². The second-order valence-corrected chi connectivity index (χ2v) is 5.98. The van der Waals surface area contributed by atoms with Crippen molar-refractivity contribution in [3.05, 3.63) is 29.8 Å². The SMILES string of the molecule is CNC1CCC(C)(c2cccc(OC(C)C)c2)C1. The normalized spacial score (nSPS) is 27.7. The van der Waals surface area contributed by atoms with Crippen LogP contribution in [0.3, 0.4) is 0 Å². The van der Waals surface area contributed by atoms with E-state index in [0.717, 1.165) is 5.75 Å². The summed E-state index contributed by atoms with van der Waals surface area (Å²) >= 11 is 0. The lowest BCUT2D eigenvalue weighted by molar-refractivity contribution is 0.241. The molecule has 0 saturated heterocycles. The van der Waals surface area contributed by atoms with Gasteiger partial charge in [-0.2, -0.15) is 0 Å². The van der Waals surface area contributed by atoms with Crippen LogP contribution in [0.1, 0.15) is 45.6 Å². The van der Waals surface area contributed by atoms with Crippen LogP contribution < -0.4 is 10.1 Å². The molecule has 18 heavy (non-hydrogen) atoms. The van der Waals surface area contributed by atoms with Crippen LogP contribution in [0.25, 0.3) is 0 Å². The first kappa shape index (κ1) is 13.4. The predicted molar refractivity (Wildman–Crippen MR) is 76.3 cm³/mol. The van der Waals surface area contributed by atoms with E-state index in [4.69, 9.17) is 4.74 Å². The zero-order valence-electron chi connectivity index (χ0n) is 12.0. The molecule has 0 bridgehead atoms. The summed E-state index contributed by atoms with van der Waals surface area (Å²) in [6, 6.07) is 9.29. The fourth-order valence-corrected chi connectivity index (χ4v) is 2.97. The first-order valence-electron chi connectivity index (χ1n) is 6.98. The molecule has 1 saturated carbocycles. The van der Waals surface area contributed by atoms with E-state index in [2.05, 4.69) is 57.4 Å². The van der Waals surface area contributed by atoms with Gasteiger partial charge < -0.3 is 10.1 Å². The van der Waals surface area contributed by atoms with Crippen LogP contribution in [-0.2, 0) is 5.41 Å². The monoisotopic (exact) mass is 247 g/mol. The van der Waals surface area contributed by atoms with Crippen molar-refractivity contribution < 1.29 is 4.74 Å². The Bertz CT molecular complexity index is 402. The van der Waals surface area contributed by atoms with Gasteiger partial charge in [0.05, 0.1) is 6.10 Å². The molecule has 1 aliphatic rings. The molecule has 0 spiro atoms. The van der Waals surface area contributed by atoms with Gasteiger partial charge in [-0.1, -0.05) is 19.1 Å². The van der Waals surface area contributed by atoms with Gasteiger partial charge in [0.2, 0.25) is 0 Å². The first-order chi connectivity index (χ1) is 8.53. The lowest BCUT2D eigenvalue weighted by Crippen LogP contribution is -2.25. The van der Waals surface area contributed by atoms with Crippen LogP contribution >= 0.6 is 0 Å². The molecule has 0 aromatic heterocycles. The lowest BCUT2D eigenvalue weighted by Gasteiger charge is -2.25.